The summed E-state index contributed by atoms with van der Waals surface area (Å²) in [7, 11) is 1.66. The van der Waals surface area contributed by atoms with Gasteiger partial charge in [-0.15, -0.1) is 0 Å². The number of benzene rings is 2. The molecule has 7 nitrogen and oxygen atoms in total. The monoisotopic (exact) mass is 468 g/mol. The number of thiazole rings is 1. The van der Waals surface area contributed by atoms with E-state index in [2.05, 4.69) is 10.1 Å². The Morgan fingerprint density at radius 1 is 1.16 bits per heavy atom. The number of aromatic nitrogens is 2. The molecule has 1 fully saturated rings. The number of ether oxygens (including phenoxy) is 1. The highest BCUT2D eigenvalue weighted by Crippen LogP contribution is 2.34. The van der Waals surface area contributed by atoms with Gasteiger partial charge in [-0.2, -0.15) is 0 Å². The third kappa shape index (κ3) is 3.69. The molecule has 0 radical (unpaired) electrons. The molecule has 0 saturated carbocycles. The normalized spacial score (nSPS) is 14.2. The summed E-state index contributed by atoms with van der Waals surface area (Å²) in [6.45, 7) is 4.34. The van der Waals surface area contributed by atoms with Gasteiger partial charge in [0, 0.05) is 31.7 Å². The minimum absolute atomic E-state index is 0.0904. The van der Waals surface area contributed by atoms with Crippen molar-refractivity contribution in [2.75, 3.05) is 38.2 Å². The maximum Gasteiger partial charge on any atom is 0.259 e. The summed E-state index contributed by atoms with van der Waals surface area (Å²) in [4.78, 5) is 22.2. The lowest BCUT2D eigenvalue weighted by Crippen LogP contribution is -2.49. The highest BCUT2D eigenvalue weighted by atomic mass is 35.5. The van der Waals surface area contributed by atoms with E-state index in [-0.39, 0.29) is 5.91 Å². The number of amides is 1. The smallest absolute Gasteiger partial charge is 0.259 e. The molecule has 3 heterocycles. The minimum atomic E-state index is -0.0904. The Bertz CT molecular complexity index is 1290. The Morgan fingerprint density at radius 3 is 2.69 bits per heavy atom. The van der Waals surface area contributed by atoms with Crippen molar-refractivity contribution >= 4 is 44.2 Å². The van der Waals surface area contributed by atoms with Gasteiger partial charge in [-0.05, 0) is 31.2 Å². The molecule has 2 aromatic carbocycles. The molecule has 164 valence electrons. The quantitative estimate of drug-likeness (QED) is 0.425. The number of aryl methyl sites for hydroxylation is 1. The summed E-state index contributed by atoms with van der Waals surface area (Å²) >= 11 is 7.98. The summed E-state index contributed by atoms with van der Waals surface area (Å²) in [6.07, 6.45) is 0. The van der Waals surface area contributed by atoms with Gasteiger partial charge >= 0.3 is 0 Å². The zero-order valence-electron chi connectivity index (χ0n) is 17.7. The second-order valence-electron chi connectivity index (χ2n) is 7.55. The van der Waals surface area contributed by atoms with Crippen molar-refractivity contribution in [1.82, 2.24) is 15.0 Å². The lowest BCUT2D eigenvalue weighted by Gasteiger charge is -2.34. The molecule has 1 amide bonds. The van der Waals surface area contributed by atoms with E-state index in [1.165, 1.54) is 0 Å². The molecular formula is C23H21ClN4O3S. The highest BCUT2D eigenvalue weighted by Gasteiger charge is 2.30. The van der Waals surface area contributed by atoms with Crippen LogP contribution in [0.2, 0.25) is 5.02 Å². The number of methoxy groups -OCH3 is 1. The van der Waals surface area contributed by atoms with Gasteiger partial charge in [0.1, 0.15) is 22.8 Å². The number of carbonyl (C=O) groups is 1. The van der Waals surface area contributed by atoms with Crippen LogP contribution >= 0.6 is 22.9 Å². The van der Waals surface area contributed by atoms with Crippen LogP contribution < -0.4 is 9.64 Å². The Morgan fingerprint density at radius 2 is 1.94 bits per heavy atom. The Kier molecular flexibility index (Phi) is 5.48. The number of halogens is 1. The Labute approximate surface area is 194 Å². The maximum atomic E-state index is 13.4. The summed E-state index contributed by atoms with van der Waals surface area (Å²) < 4.78 is 11.8. The molecule has 4 aromatic rings. The predicted octanol–water partition coefficient (Wildman–Crippen LogP) is 4.88. The first-order chi connectivity index (χ1) is 15.5. The van der Waals surface area contributed by atoms with Crippen molar-refractivity contribution in [2.24, 2.45) is 0 Å². The summed E-state index contributed by atoms with van der Waals surface area (Å²) in [5.41, 5.74) is 2.60. The molecule has 0 bridgehead atoms. The van der Waals surface area contributed by atoms with Gasteiger partial charge in [-0.3, -0.25) is 4.79 Å². The van der Waals surface area contributed by atoms with E-state index in [1.54, 1.807) is 31.4 Å². The topological polar surface area (TPSA) is 71.7 Å². The molecule has 1 aliphatic rings. The average Bonchev–Trinajstić information content (AvgIpc) is 3.42. The zero-order valence-corrected chi connectivity index (χ0v) is 19.2. The molecule has 0 spiro atoms. The Balaban J connectivity index is 1.34. The molecule has 9 heteroatoms. The first-order valence-corrected chi connectivity index (χ1v) is 11.4. The summed E-state index contributed by atoms with van der Waals surface area (Å²) in [5.74, 6) is 1.22. The third-order valence-corrected chi connectivity index (χ3v) is 7.04. The fraction of sp³-hybridized carbons (Fsp3) is 0.261. The molecule has 0 aliphatic carbocycles. The number of hydrogen-bond donors (Lipinski definition) is 0. The van der Waals surface area contributed by atoms with Crippen LogP contribution in [0.25, 0.3) is 21.5 Å². The van der Waals surface area contributed by atoms with Crippen LogP contribution in [-0.2, 0) is 0 Å². The van der Waals surface area contributed by atoms with E-state index < -0.39 is 0 Å². The fourth-order valence-electron chi connectivity index (χ4n) is 3.88. The first kappa shape index (κ1) is 20.8. The van der Waals surface area contributed by atoms with Gasteiger partial charge in [0.15, 0.2) is 5.13 Å². The molecule has 5 rings (SSSR count). The van der Waals surface area contributed by atoms with Gasteiger partial charge in [0.2, 0.25) is 0 Å². The number of rotatable bonds is 4. The van der Waals surface area contributed by atoms with Crippen LogP contribution in [0, 0.1) is 6.92 Å². The second-order valence-corrected chi connectivity index (χ2v) is 8.97. The van der Waals surface area contributed by atoms with E-state index in [1.807, 2.05) is 41.3 Å². The molecule has 32 heavy (non-hydrogen) atoms. The standard InChI is InChI=1S/C23H21ClN4O3S/c1-14-20(21(26-31-14)16-5-3-4-6-17(16)24)22(29)27-9-11-28(12-10-27)23-25-18-8-7-15(30-2)13-19(18)32-23/h3-8,13H,9-12H2,1-2H3. The largest absolute Gasteiger partial charge is 0.497 e. The number of hydrogen-bond acceptors (Lipinski definition) is 7. The third-order valence-electron chi connectivity index (χ3n) is 5.63. The van der Waals surface area contributed by atoms with Gasteiger partial charge in [-0.25, -0.2) is 4.98 Å². The lowest BCUT2D eigenvalue weighted by molar-refractivity contribution is 0.0745. The zero-order chi connectivity index (χ0) is 22.2. The van der Waals surface area contributed by atoms with E-state index >= 15 is 0 Å². The van der Waals surface area contributed by atoms with Crippen molar-refractivity contribution in [3.8, 4) is 17.0 Å². The molecular weight excluding hydrogens is 448 g/mol. The number of carbonyl (C=O) groups excluding carboxylic acids is 1. The van der Waals surface area contributed by atoms with Crippen LogP contribution in [0.4, 0.5) is 5.13 Å². The summed E-state index contributed by atoms with van der Waals surface area (Å²) in [5, 5.41) is 5.62. The van der Waals surface area contributed by atoms with E-state index in [4.69, 9.17) is 25.8 Å². The minimum Gasteiger partial charge on any atom is -0.497 e. The number of piperazine rings is 1. The van der Waals surface area contributed by atoms with Crippen LogP contribution in [0.1, 0.15) is 16.1 Å². The molecule has 2 aromatic heterocycles. The Hall–Kier alpha value is -3.10. The molecule has 0 unspecified atom stereocenters. The van der Waals surface area contributed by atoms with Crippen LogP contribution in [0.5, 0.6) is 5.75 Å². The van der Waals surface area contributed by atoms with Crippen LogP contribution in [-0.4, -0.2) is 54.2 Å². The lowest BCUT2D eigenvalue weighted by atomic mass is 10.0. The van der Waals surface area contributed by atoms with Gasteiger partial charge in [-0.1, -0.05) is 46.3 Å². The van der Waals surface area contributed by atoms with Gasteiger partial charge in [0.05, 0.1) is 22.3 Å². The molecule has 0 atom stereocenters. The number of anilines is 1. The van der Waals surface area contributed by atoms with Gasteiger partial charge in [0.25, 0.3) is 5.91 Å². The van der Waals surface area contributed by atoms with E-state index in [9.17, 15) is 4.79 Å². The van der Waals surface area contributed by atoms with Crippen molar-refractivity contribution in [1.29, 1.82) is 0 Å². The predicted molar refractivity (Wildman–Crippen MR) is 126 cm³/mol. The first-order valence-electron chi connectivity index (χ1n) is 10.2. The maximum absolute atomic E-state index is 13.4. The van der Waals surface area contributed by atoms with Crippen LogP contribution in [0.3, 0.4) is 0 Å². The summed E-state index contributed by atoms with van der Waals surface area (Å²) in [6, 6.07) is 13.2. The van der Waals surface area contributed by atoms with E-state index in [0.717, 1.165) is 21.1 Å². The van der Waals surface area contributed by atoms with E-state index in [0.29, 0.717) is 53.8 Å². The second kappa shape index (κ2) is 8.44. The number of fused-ring (bicyclic) bond motifs is 1. The molecule has 0 N–H and O–H groups in total. The SMILES string of the molecule is COc1ccc2nc(N3CCN(C(=O)c4c(-c5ccccc5Cl)noc4C)CC3)sc2c1. The van der Waals surface area contributed by atoms with Crippen molar-refractivity contribution in [3.05, 3.63) is 58.8 Å². The molecule has 1 saturated heterocycles. The number of nitrogens with zero attached hydrogens (tertiary/aromatic N) is 4. The van der Waals surface area contributed by atoms with Crippen molar-refractivity contribution in [3.63, 3.8) is 0 Å². The van der Waals surface area contributed by atoms with Gasteiger partial charge < -0.3 is 19.1 Å². The van der Waals surface area contributed by atoms with Crippen molar-refractivity contribution < 1.29 is 14.1 Å². The fourth-order valence-corrected chi connectivity index (χ4v) is 5.15. The van der Waals surface area contributed by atoms with Crippen molar-refractivity contribution in [2.45, 2.75) is 6.92 Å². The average molecular weight is 469 g/mol. The molecule has 1 aliphatic heterocycles. The van der Waals surface area contributed by atoms with Crippen LogP contribution in [0.15, 0.2) is 47.0 Å². The highest BCUT2D eigenvalue weighted by molar-refractivity contribution is 7.22.